The lowest BCUT2D eigenvalue weighted by molar-refractivity contribution is 0.321. The summed E-state index contributed by atoms with van der Waals surface area (Å²) in [6.45, 7) is 12.0. The summed E-state index contributed by atoms with van der Waals surface area (Å²) < 4.78 is 18.1. The van der Waals surface area contributed by atoms with Crippen LogP contribution < -0.4 is 4.74 Å². The topological polar surface area (TPSA) is 9.23 Å². The van der Waals surface area contributed by atoms with Gasteiger partial charge in [0, 0.05) is 0 Å². The van der Waals surface area contributed by atoms with Crippen molar-refractivity contribution < 1.29 is 9.13 Å². The van der Waals surface area contributed by atoms with Crippen molar-refractivity contribution in [3.05, 3.63) is 28.5 Å². The van der Waals surface area contributed by atoms with E-state index in [1.165, 1.54) is 6.07 Å². The highest BCUT2D eigenvalue weighted by Crippen LogP contribution is 2.28. The summed E-state index contributed by atoms with van der Waals surface area (Å²) in [7, 11) is 0. The lowest BCUT2D eigenvalue weighted by Crippen LogP contribution is -1.95. The molecule has 0 aromatic heterocycles. The minimum Gasteiger partial charge on any atom is -0.489 e. The largest absolute Gasteiger partial charge is 0.489 e. The molecule has 1 nitrogen and oxygen atoms in total. The molecule has 0 amide bonds. The molecule has 0 aliphatic rings. The highest BCUT2D eigenvalue weighted by Gasteiger charge is 2.08. The summed E-state index contributed by atoms with van der Waals surface area (Å²) in [5, 5.41) is 0.328. The molecule has 0 aliphatic carbocycles. The van der Waals surface area contributed by atoms with E-state index in [2.05, 4.69) is 0 Å². The number of halogens is 2. The van der Waals surface area contributed by atoms with Gasteiger partial charge in [0.25, 0.3) is 0 Å². The first kappa shape index (κ1) is 17.6. The van der Waals surface area contributed by atoms with Crippen LogP contribution in [-0.2, 0) is 0 Å². The predicted octanol–water partition coefficient (Wildman–Crippen LogP) is 5.24. The predicted molar refractivity (Wildman–Crippen MR) is 70.0 cm³/mol. The molecule has 0 atom stereocenters. The zero-order chi connectivity index (χ0) is 13.1. The van der Waals surface area contributed by atoms with Crippen molar-refractivity contribution in [1.82, 2.24) is 0 Å². The second kappa shape index (κ2) is 10.7. The molecule has 1 rings (SSSR count). The van der Waals surface area contributed by atoms with E-state index >= 15 is 0 Å². The van der Waals surface area contributed by atoms with E-state index < -0.39 is 5.82 Å². The van der Waals surface area contributed by atoms with Crippen LogP contribution in [0, 0.1) is 12.7 Å². The Bertz CT molecular complexity index is 264. The summed E-state index contributed by atoms with van der Waals surface area (Å²) in [5.41, 5.74) is 0.793. The normalized spacial score (nSPS) is 8.25. The molecule has 94 valence electrons. The first-order chi connectivity index (χ1) is 7.65. The molecule has 0 saturated carbocycles. The van der Waals surface area contributed by atoms with Crippen molar-refractivity contribution in [1.29, 1.82) is 0 Å². The van der Waals surface area contributed by atoms with E-state index in [9.17, 15) is 4.39 Å². The molecule has 0 fully saturated rings. The van der Waals surface area contributed by atoms with Gasteiger partial charge in [-0.1, -0.05) is 39.3 Å². The van der Waals surface area contributed by atoms with Crippen LogP contribution in [0.5, 0.6) is 5.75 Å². The van der Waals surface area contributed by atoms with Crippen molar-refractivity contribution >= 4 is 11.6 Å². The molecule has 0 spiro atoms. The van der Waals surface area contributed by atoms with E-state index in [-0.39, 0.29) is 5.75 Å². The standard InChI is InChI=1S/C9H10ClFO.2C2H6/c1-3-12-9-7(10)4-6(2)5-8(9)11;2*1-2/h4-5H,3H2,1-2H3;2*1-2H3. The summed E-state index contributed by atoms with van der Waals surface area (Å²) in [6, 6.07) is 3.08. The molecule has 1 aromatic rings. The van der Waals surface area contributed by atoms with Gasteiger partial charge in [-0.15, -0.1) is 0 Å². The molecule has 0 unspecified atom stereocenters. The Morgan fingerprint density at radius 3 is 2.06 bits per heavy atom. The Labute approximate surface area is 104 Å². The Kier molecular flexibility index (Phi) is 11.8. The summed E-state index contributed by atoms with van der Waals surface area (Å²) in [6.07, 6.45) is 0. The minimum atomic E-state index is -0.401. The Morgan fingerprint density at radius 2 is 1.69 bits per heavy atom. The molecule has 0 N–H and O–H groups in total. The monoisotopic (exact) mass is 248 g/mol. The van der Waals surface area contributed by atoms with Gasteiger partial charge in [-0.2, -0.15) is 0 Å². The van der Waals surface area contributed by atoms with Crippen LogP contribution in [0.2, 0.25) is 5.02 Å². The number of rotatable bonds is 2. The minimum absolute atomic E-state index is 0.143. The van der Waals surface area contributed by atoms with Gasteiger partial charge >= 0.3 is 0 Å². The van der Waals surface area contributed by atoms with Gasteiger partial charge in [0.1, 0.15) is 0 Å². The first-order valence-electron chi connectivity index (χ1n) is 5.73. The van der Waals surface area contributed by atoms with Gasteiger partial charge in [0.05, 0.1) is 11.6 Å². The maximum absolute atomic E-state index is 13.1. The molecule has 1 aromatic carbocycles. The van der Waals surface area contributed by atoms with E-state index in [0.717, 1.165) is 5.56 Å². The summed E-state index contributed by atoms with van der Waals surface area (Å²) in [5.74, 6) is -0.258. The lowest BCUT2D eigenvalue weighted by atomic mass is 10.2. The second-order valence-corrected chi connectivity index (χ2v) is 2.90. The quantitative estimate of drug-likeness (QED) is 0.696. The van der Waals surface area contributed by atoms with Crippen LogP contribution in [0.4, 0.5) is 4.39 Å². The molecule has 16 heavy (non-hydrogen) atoms. The SMILES string of the molecule is CC.CC.CCOc1c(F)cc(C)cc1Cl. The molecule has 0 saturated heterocycles. The van der Waals surface area contributed by atoms with Gasteiger partial charge < -0.3 is 4.74 Å². The average molecular weight is 249 g/mol. The van der Waals surface area contributed by atoms with Crippen molar-refractivity contribution in [3.8, 4) is 5.75 Å². The number of hydrogen-bond acceptors (Lipinski definition) is 1. The lowest BCUT2D eigenvalue weighted by Gasteiger charge is -2.06. The smallest absolute Gasteiger partial charge is 0.173 e. The molecule has 3 heteroatoms. The van der Waals surface area contributed by atoms with Crippen molar-refractivity contribution in [3.63, 3.8) is 0 Å². The fourth-order valence-corrected chi connectivity index (χ4v) is 1.29. The first-order valence-corrected chi connectivity index (χ1v) is 6.11. The molecular weight excluding hydrogens is 227 g/mol. The molecule has 0 heterocycles. The van der Waals surface area contributed by atoms with Crippen LogP contribution >= 0.6 is 11.6 Å². The van der Waals surface area contributed by atoms with E-state index in [1.54, 1.807) is 19.9 Å². The van der Waals surface area contributed by atoms with Crippen LogP contribution in [0.25, 0.3) is 0 Å². The van der Waals surface area contributed by atoms with Crippen molar-refractivity contribution in [2.24, 2.45) is 0 Å². The Balaban J connectivity index is 0. The van der Waals surface area contributed by atoms with Gasteiger partial charge in [-0.05, 0) is 31.5 Å². The van der Waals surface area contributed by atoms with E-state index in [4.69, 9.17) is 16.3 Å². The summed E-state index contributed by atoms with van der Waals surface area (Å²) >= 11 is 5.75. The van der Waals surface area contributed by atoms with E-state index in [1.807, 2.05) is 27.7 Å². The van der Waals surface area contributed by atoms with E-state index in [0.29, 0.717) is 11.6 Å². The third-order valence-corrected chi connectivity index (χ3v) is 1.71. The molecule has 0 radical (unpaired) electrons. The molecule has 0 bridgehead atoms. The fourth-order valence-electron chi connectivity index (χ4n) is 0.969. The number of benzene rings is 1. The number of ether oxygens (including phenoxy) is 1. The third kappa shape index (κ3) is 5.96. The third-order valence-electron chi connectivity index (χ3n) is 1.43. The highest BCUT2D eigenvalue weighted by atomic mass is 35.5. The average Bonchev–Trinajstić information content (AvgIpc) is 2.29. The molecule has 0 aliphatic heterocycles. The van der Waals surface area contributed by atoms with Crippen LogP contribution in [0.1, 0.15) is 40.2 Å². The number of aryl methyl sites for hydroxylation is 1. The maximum atomic E-state index is 13.1. The maximum Gasteiger partial charge on any atom is 0.173 e. The Morgan fingerprint density at radius 1 is 1.19 bits per heavy atom. The zero-order valence-corrected chi connectivity index (χ0v) is 11.8. The molecular formula is C13H22ClFO. The number of hydrogen-bond donors (Lipinski definition) is 0. The fraction of sp³-hybridized carbons (Fsp3) is 0.538. The summed E-state index contributed by atoms with van der Waals surface area (Å²) in [4.78, 5) is 0. The Hall–Kier alpha value is -0.760. The highest BCUT2D eigenvalue weighted by molar-refractivity contribution is 6.32. The van der Waals surface area contributed by atoms with Crippen LogP contribution in [0.15, 0.2) is 12.1 Å². The van der Waals surface area contributed by atoms with Gasteiger partial charge in [0.2, 0.25) is 0 Å². The van der Waals surface area contributed by atoms with Crippen LogP contribution in [-0.4, -0.2) is 6.61 Å². The van der Waals surface area contributed by atoms with Crippen LogP contribution in [0.3, 0.4) is 0 Å². The van der Waals surface area contributed by atoms with Crippen molar-refractivity contribution in [2.45, 2.75) is 41.5 Å². The van der Waals surface area contributed by atoms with Gasteiger partial charge in [0.15, 0.2) is 11.6 Å². The van der Waals surface area contributed by atoms with Gasteiger partial charge in [-0.25, -0.2) is 4.39 Å². The second-order valence-electron chi connectivity index (χ2n) is 2.49. The zero-order valence-electron chi connectivity index (χ0n) is 11.0. The van der Waals surface area contributed by atoms with Gasteiger partial charge in [-0.3, -0.25) is 0 Å². The van der Waals surface area contributed by atoms with Crippen molar-refractivity contribution in [2.75, 3.05) is 6.61 Å².